The molecule has 2 N–H and O–H groups in total. The van der Waals surface area contributed by atoms with Gasteiger partial charge >= 0.3 is 0 Å². The van der Waals surface area contributed by atoms with Crippen molar-refractivity contribution in [1.82, 2.24) is 15.1 Å². The summed E-state index contributed by atoms with van der Waals surface area (Å²) >= 11 is 0. The Bertz CT molecular complexity index is 1110. The number of benzene rings is 2. The largest absolute Gasteiger partial charge is 0.455 e. The number of hydrogen-bond donors (Lipinski definition) is 2. The molecule has 2 aromatic heterocycles. The van der Waals surface area contributed by atoms with Crippen LogP contribution >= 0.6 is 0 Å². The van der Waals surface area contributed by atoms with Crippen LogP contribution in [-0.2, 0) is 0 Å². The van der Waals surface area contributed by atoms with Gasteiger partial charge in [-0.25, -0.2) is 9.97 Å². The van der Waals surface area contributed by atoms with Crippen LogP contribution in [0.25, 0.3) is 0 Å². The van der Waals surface area contributed by atoms with Gasteiger partial charge in [0, 0.05) is 6.07 Å². The predicted octanol–water partition coefficient (Wildman–Crippen LogP) is 4.56. The van der Waals surface area contributed by atoms with Crippen molar-refractivity contribution in [2.75, 3.05) is 10.6 Å². The number of amides is 1. The first-order valence-electron chi connectivity index (χ1n) is 8.83. The molecule has 0 atom stereocenters. The quantitative estimate of drug-likeness (QED) is 0.500. The van der Waals surface area contributed by atoms with E-state index in [2.05, 4.69) is 25.8 Å². The van der Waals surface area contributed by atoms with E-state index in [0.717, 1.165) is 11.4 Å². The lowest BCUT2D eigenvalue weighted by molar-refractivity contribution is 0.102. The molecule has 0 unspecified atom stereocenters. The van der Waals surface area contributed by atoms with Gasteiger partial charge in [-0.15, -0.1) is 0 Å². The van der Waals surface area contributed by atoms with Crippen LogP contribution < -0.4 is 15.4 Å². The van der Waals surface area contributed by atoms with Crippen molar-refractivity contribution in [1.29, 1.82) is 0 Å². The van der Waals surface area contributed by atoms with Crippen molar-refractivity contribution < 1.29 is 14.1 Å². The SMILES string of the molecule is Cc1cc(NC(=O)c2cnc(Nc3ccccc3Oc3ccccc3)cn2)no1. The standard InChI is InChI=1S/C21H17N5O3/c1-14-11-19(26-29-14)25-21(27)17-12-23-20(13-22-17)24-16-9-5-6-10-18(16)28-15-7-3-2-4-8-15/h2-13H,1H3,(H,23,24)(H,25,26,27). The summed E-state index contributed by atoms with van der Waals surface area (Å²) < 4.78 is 10.8. The van der Waals surface area contributed by atoms with E-state index in [0.29, 0.717) is 23.1 Å². The molecule has 0 bridgehead atoms. The van der Waals surface area contributed by atoms with E-state index in [-0.39, 0.29) is 5.69 Å². The number of nitrogens with one attached hydrogen (secondary N) is 2. The van der Waals surface area contributed by atoms with Gasteiger partial charge < -0.3 is 19.9 Å². The summed E-state index contributed by atoms with van der Waals surface area (Å²) in [6.07, 6.45) is 2.85. The molecule has 2 aromatic carbocycles. The zero-order chi connectivity index (χ0) is 20.1. The van der Waals surface area contributed by atoms with E-state index in [1.165, 1.54) is 12.4 Å². The lowest BCUT2D eigenvalue weighted by Crippen LogP contribution is -2.14. The van der Waals surface area contributed by atoms with Crippen molar-refractivity contribution in [3.8, 4) is 11.5 Å². The number of para-hydroxylation sites is 3. The lowest BCUT2D eigenvalue weighted by Gasteiger charge is -2.12. The van der Waals surface area contributed by atoms with Crippen LogP contribution in [0, 0.1) is 6.92 Å². The Balaban J connectivity index is 1.46. The number of carbonyl (C=O) groups is 1. The highest BCUT2D eigenvalue weighted by Crippen LogP contribution is 2.30. The Kier molecular flexibility index (Phi) is 5.15. The van der Waals surface area contributed by atoms with Gasteiger partial charge in [-0.05, 0) is 31.2 Å². The number of rotatable bonds is 6. The molecule has 0 spiro atoms. The fourth-order valence-corrected chi connectivity index (χ4v) is 2.53. The number of aromatic nitrogens is 3. The maximum absolute atomic E-state index is 12.2. The summed E-state index contributed by atoms with van der Waals surface area (Å²) in [6, 6.07) is 18.6. The van der Waals surface area contributed by atoms with Gasteiger partial charge in [0.05, 0.1) is 18.1 Å². The third-order valence-corrected chi connectivity index (χ3v) is 3.87. The van der Waals surface area contributed by atoms with E-state index in [1.807, 2.05) is 54.6 Å². The van der Waals surface area contributed by atoms with Crippen LogP contribution in [0.1, 0.15) is 16.2 Å². The average Bonchev–Trinajstić information content (AvgIpc) is 3.15. The highest BCUT2D eigenvalue weighted by Gasteiger charge is 2.12. The van der Waals surface area contributed by atoms with Gasteiger partial charge in [0.15, 0.2) is 11.6 Å². The Hall–Kier alpha value is -4.20. The highest BCUT2D eigenvalue weighted by atomic mass is 16.5. The van der Waals surface area contributed by atoms with Gasteiger partial charge in [-0.3, -0.25) is 4.79 Å². The third kappa shape index (κ3) is 4.56. The molecular formula is C21H17N5O3. The van der Waals surface area contributed by atoms with Gasteiger partial charge in [0.25, 0.3) is 5.91 Å². The summed E-state index contributed by atoms with van der Waals surface area (Å²) in [5, 5.41) is 9.47. The van der Waals surface area contributed by atoms with E-state index in [1.54, 1.807) is 13.0 Å². The fraction of sp³-hybridized carbons (Fsp3) is 0.0476. The van der Waals surface area contributed by atoms with Crippen LogP contribution in [0.2, 0.25) is 0 Å². The number of carbonyl (C=O) groups excluding carboxylic acids is 1. The van der Waals surface area contributed by atoms with E-state index in [4.69, 9.17) is 9.26 Å². The first-order chi connectivity index (χ1) is 14.2. The molecule has 0 fully saturated rings. The normalized spacial score (nSPS) is 10.4. The molecule has 4 aromatic rings. The molecule has 1 amide bonds. The maximum atomic E-state index is 12.2. The third-order valence-electron chi connectivity index (χ3n) is 3.87. The molecular weight excluding hydrogens is 370 g/mol. The first kappa shape index (κ1) is 18.2. The van der Waals surface area contributed by atoms with Gasteiger partial charge in [-0.1, -0.05) is 35.5 Å². The summed E-state index contributed by atoms with van der Waals surface area (Å²) in [7, 11) is 0. The van der Waals surface area contributed by atoms with E-state index < -0.39 is 5.91 Å². The second kappa shape index (κ2) is 8.22. The number of nitrogens with zero attached hydrogens (tertiary/aromatic N) is 3. The van der Waals surface area contributed by atoms with E-state index >= 15 is 0 Å². The number of aryl methyl sites for hydroxylation is 1. The van der Waals surface area contributed by atoms with Gasteiger partial charge in [-0.2, -0.15) is 0 Å². The number of hydrogen-bond acceptors (Lipinski definition) is 7. The minimum atomic E-state index is -0.426. The van der Waals surface area contributed by atoms with Crippen molar-refractivity contribution >= 4 is 23.2 Å². The Morgan fingerprint density at radius 3 is 2.48 bits per heavy atom. The molecule has 0 saturated heterocycles. The summed E-state index contributed by atoms with van der Waals surface area (Å²) in [5.74, 6) is 2.34. The fourth-order valence-electron chi connectivity index (χ4n) is 2.53. The van der Waals surface area contributed by atoms with Crippen LogP contribution in [0.4, 0.5) is 17.3 Å². The lowest BCUT2D eigenvalue weighted by atomic mass is 10.3. The summed E-state index contributed by atoms with van der Waals surface area (Å²) in [5.41, 5.74) is 0.881. The van der Waals surface area contributed by atoms with Gasteiger partial charge in [0.2, 0.25) is 0 Å². The summed E-state index contributed by atoms with van der Waals surface area (Å²) in [4.78, 5) is 20.6. The zero-order valence-corrected chi connectivity index (χ0v) is 15.5. The first-order valence-corrected chi connectivity index (χ1v) is 8.83. The van der Waals surface area contributed by atoms with Crippen LogP contribution in [0.5, 0.6) is 11.5 Å². The molecule has 4 rings (SSSR count). The predicted molar refractivity (Wildman–Crippen MR) is 107 cm³/mol. The topological polar surface area (TPSA) is 102 Å². The number of ether oxygens (including phenoxy) is 1. The molecule has 8 heteroatoms. The monoisotopic (exact) mass is 387 g/mol. The smallest absolute Gasteiger partial charge is 0.277 e. The molecule has 144 valence electrons. The number of anilines is 3. The van der Waals surface area contributed by atoms with Crippen LogP contribution in [0.15, 0.2) is 77.6 Å². The summed E-state index contributed by atoms with van der Waals surface area (Å²) in [6.45, 7) is 1.74. The van der Waals surface area contributed by atoms with Crippen molar-refractivity contribution in [2.24, 2.45) is 0 Å². The van der Waals surface area contributed by atoms with Crippen molar-refractivity contribution in [3.05, 3.63) is 84.5 Å². The second-order valence-electron chi connectivity index (χ2n) is 6.10. The Morgan fingerprint density at radius 1 is 0.966 bits per heavy atom. The average molecular weight is 387 g/mol. The van der Waals surface area contributed by atoms with Crippen LogP contribution in [0.3, 0.4) is 0 Å². The van der Waals surface area contributed by atoms with E-state index in [9.17, 15) is 4.79 Å². The molecule has 0 aliphatic rings. The minimum Gasteiger partial charge on any atom is -0.455 e. The Morgan fingerprint density at radius 2 is 1.76 bits per heavy atom. The maximum Gasteiger partial charge on any atom is 0.277 e. The van der Waals surface area contributed by atoms with Crippen molar-refractivity contribution in [3.63, 3.8) is 0 Å². The van der Waals surface area contributed by atoms with Crippen molar-refractivity contribution in [2.45, 2.75) is 6.92 Å². The second-order valence-corrected chi connectivity index (χ2v) is 6.10. The molecule has 0 saturated carbocycles. The molecule has 0 radical (unpaired) electrons. The van der Waals surface area contributed by atoms with Gasteiger partial charge in [0.1, 0.15) is 23.0 Å². The van der Waals surface area contributed by atoms with Crippen LogP contribution in [-0.4, -0.2) is 21.0 Å². The highest BCUT2D eigenvalue weighted by molar-refractivity contribution is 6.02. The zero-order valence-electron chi connectivity index (χ0n) is 15.5. The molecule has 0 aliphatic heterocycles. The molecule has 29 heavy (non-hydrogen) atoms. The minimum absolute atomic E-state index is 0.157. The molecule has 8 nitrogen and oxygen atoms in total. The molecule has 2 heterocycles. The Labute approximate surface area is 166 Å². The molecule has 0 aliphatic carbocycles.